The van der Waals surface area contributed by atoms with E-state index in [1.54, 1.807) is 0 Å². The highest BCUT2D eigenvalue weighted by molar-refractivity contribution is 5.54. The summed E-state index contributed by atoms with van der Waals surface area (Å²) < 4.78 is 0. The summed E-state index contributed by atoms with van der Waals surface area (Å²) in [5.74, 6) is 0. The summed E-state index contributed by atoms with van der Waals surface area (Å²) in [6.45, 7) is 5.63. The van der Waals surface area contributed by atoms with Gasteiger partial charge in [-0.05, 0) is 31.5 Å². The highest BCUT2D eigenvalue weighted by Crippen LogP contribution is 2.32. The fraction of sp³-hybridized carbons (Fsp3) is 0.462. The third-order valence-corrected chi connectivity index (χ3v) is 2.88. The molecule has 0 unspecified atom stereocenters. The Morgan fingerprint density at radius 3 is 3.06 bits per heavy atom. The lowest BCUT2D eigenvalue weighted by Crippen LogP contribution is -2.27. The van der Waals surface area contributed by atoms with Gasteiger partial charge >= 0.3 is 0 Å². The second-order valence-corrected chi connectivity index (χ2v) is 4.21. The van der Waals surface area contributed by atoms with E-state index in [-0.39, 0.29) is 0 Å². The van der Waals surface area contributed by atoms with Gasteiger partial charge in [-0.25, -0.2) is 0 Å². The number of pyridine rings is 1. The van der Waals surface area contributed by atoms with E-state index >= 15 is 0 Å². The third kappa shape index (κ3) is 2.42. The minimum atomic E-state index is 0.692. The number of rotatable bonds is 6. The van der Waals surface area contributed by atoms with E-state index in [1.165, 1.54) is 24.1 Å². The van der Waals surface area contributed by atoms with Crippen molar-refractivity contribution in [2.75, 3.05) is 18.5 Å². The molecule has 0 aromatic carbocycles. The highest BCUT2D eigenvalue weighted by Gasteiger charge is 2.29. The molecule has 16 heavy (non-hydrogen) atoms. The molecule has 0 saturated heterocycles. The first-order valence-electron chi connectivity index (χ1n) is 5.82. The lowest BCUT2D eigenvalue weighted by atomic mass is 10.2. The molecule has 0 amide bonds. The summed E-state index contributed by atoms with van der Waals surface area (Å²) in [7, 11) is 1.97. The van der Waals surface area contributed by atoms with Gasteiger partial charge in [0, 0.05) is 25.3 Å². The molecule has 2 rings (SSSR count). The van der Waals surface area contributed by atoms with Gasteiger partial charge in [0.05, 0.1) is 11.9 Å². The van der Waals surface area contributed by atoms with Crippen LogP contribution in [0, 0.1) is 0 Å². The van der Waals surface area contributed by atoms with E-state index in [4.69, 9.17) is 0 Å². The van der Waals surface area contributed by atoms with Crippen LogP contribution < -0.4 is 10.2 Å². The van der Waals surface area contributed by atoms with Crippen molar-refractivity contribution in [3.8, 4) is 0 Å². The lowest BCUT2D eigenvalue weighted by molar-refractivity contribution is 0.791. The minimum absolute atomic E-state index is 0.692. The quantitative estimate of drug-likeness (QED) is 0.738. The molecule has 1 aliphatic carbocycles. The van der Waals surface area contributed by atoms with Crippen LogP contribution in [0.5, 0.6) is 0 Å². The molecular formula is C13H19N3. The van der Waals surface area contributed by atoms with Crippen LogP contribution in [0.15, 0.2) is 31.1 Å². The Balaban J connectivity index is 2.24. The molecule has 0 atom stereocenters. The molecule has 1 saturated carbocycles. The summed E-state index contributed by atoms with van der Waals surface area (Å²) >= 11 is 0. The van der Waals surface area contributed by atoms with Crippen LogP contribution in [0.2, 0.25) is 0 Å². The van der Waals surface area contributed by atoms with Gasteiger partial charge in [-0.2, -0.15) is 0 Å². The van der Waals surface area contributed by atoms with Crippen molar-refractivity contribution in [3.05, 3.63) is 36.7 Å². The average Bonchev–Trinajstić information content (AvgIpc) is 3.11. The van der Waals surface area contributed by atoms with Crippen molar-refractivity contribution in [3.63, 3.8) is 0 Å². The SMILES string of the molecule is C=CCN(c1cnccc1CNC)C1CC1. The van der Waals surface area contributed by atoms with Crippen molar-refractivity contribution in [2.45, 2.75) is 25.4 Å². The number of aromatic nitrogens is 1. The van der Waals surface area contributed by atoms with Crippen LogP contribution in [0.1, 0.15) is 18.4 Å². The predicted molar refractivity (Wildman–Crippen MR) is 67.6 cm³/mol. The van der Waals surface area contributed by atoms with Crippen LogP contribution in [-0.2, 0) is 6.54 Å². The smallest absolute Gasteiger partial charge is 0.0603 e. The van der Waals surface area contributed by atoms with Crippen LogP contribution in [0.3, 0.4) is 0 Å². The van der Waals surface area contributed by atoms with Crippen molar-refractivity contribution in [1.29, 1.82) is 0 Å². The van der Waals surface area contributed by atoms with Crippen molar-refractivity contribution in [2.24, 2.45) is 0 Å². The molecule has 0 radical (unpaired) electrons. The lowest BCUT2D eigenvalue weighted by Gasteiger charge is -2.25. The summed E-state index contributed by atoms with van der Waals surface area (Å²) in [6.07, 6.45) is 8.38. The van der Waals surface area contributed by atoms with Crippen LogP contribution in [0.4, 0.5) is 5.69 Å². The molecule has 3 heteroatoms. The van der Waals surface area contributed by atoms with Crippen molar-refractivity contribution < 1.29 is 0 Å². The van der Waals surface area contributed by atoms with Gasteiger partial charge in [-0.1, -0.05) is 6.08 Å². The molecule has 3 nitrogen and oxygen atoms in total. The van der Waals surface area contributed by atoms with Gasteiger partial charge in [0.15, 0.2) is 0 Å². The largest absolute Gasteiger partial charge is 0.363 e. The van der Waals surface area contributed by atoms with E-state index in [2.05, 4.69) is 27.8 Å². The molecule has 1 aromatic heterocycles. The standard InChI is InChI=1S/C13H19N3/c1-3-8-16(12-4-5-12)13-10-15-7-6-11(13)9-14-2/h3,6-7,10,12,14H,1,4-5,8-9H2,2H3. The van der Waals surface area contributed by atoms with Gasteiger partial charge in [0.2, 0.25) is 0 Å². The van der Waals surface area contributed by atoms with E-state index in [1.807, 2.05) is 25.5 Å². The molecule has 1 aliphatic rings. The maximum Gasteiger partial charge on any atom is 0.0603 e. The molecule has 86 valence electrons. The Kier molecular flexibility index (Phi) is 3.57. The van der Waals surface area contributed by atoms with E-state index in [0.717, 1.165) is 13.1 Å². The number of anilines is 1. The van der Waals surface area contributed by atoms with E-state index < -0.39 is 0 Å². The van der Waals surface area contributed by atoms with Crippen molar-refractivity contribution in [1.82, 2.24) is 10.3 Å². The maximum atomic E-state index is 4.24. The predicted octanol–water partition coefficient (Wildman–Crippen LogP) is 1.96. The van der Waals surface area contributed by atoms with Crippen LogP contribution >= 0.6 is 0 Å². The second-order valence-electron chi connectivity index (χ2n) is 4.21. The topological polar surface area (TPSA) is 28.2 Å². The third-order valence-electron chi connectivity index (χ3n) is 2.88. The summed E-state index contributed by atoms with van der Waals surface area (Å²) in [5, 5.41) is 3.20. The van der Waals surface area contributed by atoms with Gasteiger partial charge in [0.25, 0.3) is 0 Å². The first-order valence-corrected chi connectivity index (χ1v) is 5.82. The zero-order chi connectivity index (χ0) is 11.4. The van der Waals surface area contributed by atoms with Gasteiger partial charge < -0.3 is 10.2 Å². The summed E-state index contributed by atoms with van der Waals surface area (Å²) in [6, 6.07) is 2.78. The van der Waals surface area contributed by atoms with Crippen molar-refractivity contribution >= 4 is 5.69 Å². The van der Waals surface area contributed by atoms with Gasteiger partial charge in [0.1, 0.15) is 0 Å². The molecule has 1 heterocycles. The zero-order valence-electron chi connectivity index (χ0n) is 9.82. The Morgan fingerprint density at radius 2 is 2.44 bits per heavy atom. The zero-order valence-corrected chi connectivity index (χ0v) is 9.82. The first-order chi connectivity index (χ1) is 7.86. The molecular weight excluding hydrogens is 198 g/mol. The fourth-order valence-electron chi connectivity index (χ4n) is 1.98. The van der Waals surface area contributed by atoms with E-state index in [9.17, 15) is 0 Å². The molecule has 0 aliphatic heterocycles. The van der Waals surface area contributed by atoms with E-state index in [0.29, 0.717) is 6.04 Å². The Morgan fingerprint density at radius 1 is 1.62 bits per heavy atom. The summed E-state index contributed by atoms with van der Waals surface area (Å²) in [4.78, 5) is 6.65. The Labute approximate surface area is 97.2 Å². The molecule has 1 N–H and O–H groups in total. The van der Waals surface area contributed by atoms with Gasteiger partial charge in [-0.3, -0.25) is 4.98 Å². The Bertz CT molecular complexity index is 358. The van der Waals surface area contributed by atoms with Crippen LogP contribution in [0.25, 0.3) is 0 Å². The number of nitrogens with zero attached hydrogens (tertiary/aromatic N) is 2. The monoisotopic (exact) mass is 217 g/mol. The molecule has 1 aromatic rings. The molecule has 1 fully saturated rings. The maximum absolute atomic E-state index is 4.24. The molecule has 0 bridgehead atoms. The number of nitrogens with one attached hydrogen (secondary N) is 1. The fourth-order valence-corrected chi connectivity index (χ4v) is 1.98. The first kappa shape index (κ1) is 11.1. The Hall–Kier alpha value is -1.35. The normalized spacial score (nSPS) is 14.8. The second kappa shape index (κ2) is 5.12. The average molecular weight is 217 g/mol. The minimum Gasteiger partial charge on any atom is -0.363 e. The molecule has 0 spiro atoms. The summed E-state index contributed by atoms with van der Waals surface area (Å²) in [5.41, 5.74) is 2.56. The highest BCUT2D eigenvalue weighted by atomic mass is 15.2. The van der Waals surface area contributed by atoms with Crippen LogP contribution in [-0.4, -0.2) is 24.6 Å². The number of hydrogen-bond donors (Lipinski definition) is 1. The van der Waals surface area contributed by atoms with Gasteiger partial charge in [-0.15, -0.1) is 6.58 Å². The number of hydrogen-bond acceptors (Lipinski definition) is 3.